The van der Waals surface area contributed by atoms with E-state index in [1.165, 1.54) is 13.2 Å². The van der Waals surface area contributed by atoms with Gasteiger partial charge in [0.05, 0.1) is 12.7 Å². The first kappa shape index (κ1) is 10.3. The van der Waals surface area contributed by atoms with Gasteiger partial charge >= 0.3 is 6.18 Å². The van der Waals surface area contributed by atoms with Gasteiger partial charge in [-0.1, -0.05) is 0 Å². The summed E-state index contributed by atoms with van der Waals surface area (Å²) in [7, 11) is 1.26. The van der Waals surface area contributed by atoms with Gasteiger partial charge in [0.15, 0.2) is 5.69 Å². The molecule has 74 valence electrons. The number of nitriles is 1. The average Bonchev–Trinajstić information content (AvgIpc) is 2.15. The molecule has 0 aliphatic rings. The predicted molar refractivity (Wildman–Crippen MR) is 40.5 cm³/mol. The molecule has 0 spiro atoms. The van der Waals surface area contributed by atoms with Crippen LogP contribution < -0.4 is 4.74 Å². The van der Waals surface area contributed by atoms with Gasteiger partial charge in [-0.2, -0.15) is 18.4 Å². The van der Waals surface area contributed by atoms with Gasteiger partial charge in [0.2, 0.25) is 5.88 Å². The van der Waals surface area contributed by atoms with Crippen molar-refractivity contribution in [2.45, 2.75) is 6.18 Å². The monoisotopic (exact) mass is 202 g/mol. The molecule has 1 heterocycles. The quantitative estimate of drug-likeness (QED) is 0.699. The van der Waals surface area contributed by atoms with Gasteiger partial charge in [0.1, 0.15) is 6.07 Å². The van der Waals surface area contributed by atoms with Crippen LogP contribution in [0.25, 0.3) is 0 Å². The molecule has 0 atom stereocenters. The second kappa shape index (κ2) is 3.54. The lowest BCUT2D eigenvalue weighted by atomic mass is 10.2. The molecule has 0 saturated heterocycles. The van der Waals surface area contributed by atoms with Crippen LogP contribution in [0.15, 0.2) is 12.1 Å². The Hall–Kier alpha value is -1.77. The summed E-state index contributed by atoms with van der Waals surface area (Å²) in [6, 6.07) is 3.19. The fourth-order valence-corrected chi connectivity index (χ4v) is 0.869. The van der Waals surface area contributed by atoms with E-state index in [-0.39, 0.29) is 5.88 Å². The Labute approximate surface area is 77.7 Å². The molecule has 0 unspecified atom stereocenters. The number of aromatic nitrogens is 1. The number of halogens is 3. The molecule has 0 bridgehead atoms. The Kier molecular flexibility index (Phi) is 2.60. The van der Waals surface area contributed by atoms with E-state index in [0.29, 0.717) is 0 Å². The van der Waals surface area contributed by atoms with Gasteiger partial charge in [-0.25, -0.2) is 4.98 Å². The fourth-order valence-electron chi connectivity index (χ4n) is 0.869. The Morgan fingerprint density at radius 1 is 1.43 bits per heavy atom. The van der Waals surface area contributed by atoms with Crippen molar-refractivity contribution < 1.29 is 17.9 Å². The van der Waals surface area contributed by atoms with Crippen LogP contribution in [0.3, 0.4) is 0 Å². The molecule has 0 amide bonds. The highest BCUT2D eigenvalue weighted by Gasteiger charge is 2.34. The molecule has 6 heteroatoms. The van der Waals surface area contributed by atoms with Crippen LogP contribution in [-0.4, -0.2) is 12.1 Å². The van der Waals surface area contributed by atoms with Crippen molar-refractivity contribution in [3.05, 3.63) is 23.4 Å². The first-order chi connectivity index (χ1) is 6.49. The molecule has 3 nitrogen and oxygen atoms in total. The summed E-state index contributed by atoms with van der Waals surface area (Å²) < 4.78 is 41.3. The van der Waals surface area contributed by atoms with E-state index in [1.54, 1.807) is 0 Å². The van der Waals surface area contributed by atoms with Crippen LogP contribution in [-0.2, 0) is 6.18 Å². The number of pyridine rings is 1. The minimum absolute atomic E-state index is 0.0189. The smallest absolute Gasteiger partial charge is 0.419 e. The normalized spacial score (nSPS) is 10.8. The van der Waals surface area contributed by atoms with Crippen LogP contribution in [0, 0.1) is 11.3 Å². The lowest BCUT2D eigenvalue weighted by molar-refractivity contribution is -0.138. The Balaban J connectivity index is 3.28. The maximum atomic E-state index is 12.2. The predicted octanol–water partition coefficient (Wildman–Crippen LogP) is 1.98. The maximum absolute atomic E-state index is 12.2. The molecule has 0 radical (unpaired) electrons. The van der Waals surface area contributed by atoms with Crippen molar-refractivity contribution in [2.24, 2.45) is 0 Å². The third-order valence-electron chi connectivity index (χ3n) is 1.49. The van der Waals surface area contributed by atoms with Crippen LogP contribution in [0.4, 0.5) is 13.2 Å². The zero-order valence-corrected chi connectivity index (χ0v) is 7.09. The maximum Gasteiger partial charge on any atom is 0.419 e. The minimum atomic E-state index is -4.57. The zero-order valence-electron chi connectivity index (χ0n) is 7.09. The zero-order chi connectivity index (χ0) is 10.8. The summed E-state index contributed by atoms with van der Waals surface area (Å²) in [5.74, 6) is -0.0189. The third-order valence-corrected chi connectivity index (χ3v) is 1.49. The standard InChI is InChI=1S/C8H5F3N2O/c1-14-7-3-2-5(8(9,10)11)6(4-12)13-7/h2-3H,1H3. The molecule has 0 N–H and O–H groups in total. The highest BCUT2D eigenvalue weighted by atomic mass is 19.4. The molecule has 0 aromatic carbocycles. The van der Waals surface area contributed by atoms with Crippen LogP contribution in [0.2, 0.25) is 0 Å². The Morgan fingerprint density at radius 3 is 2.50 bits per heavy atom. The highest BCUT2D eigenvalue weighted by Crippen LogP contribution is 2.31. The molecule has 0 aliphatic carbocycles. The summed E-state index contributed by atoms with van der Waals surface area (Å²) in [5, 5.41) is 8.43. The molecular weight excluding hydrogens is 197 g/mol. The number of hydrogen-bond donors (Lipinski definition) is 0. The first-order valence-corrected chi connectivity index (χ1v) is 3.51. The van der Waals surface area contributed by atoms with Crippen molar-refractivity contribution >= 4 is 0 Å². The van der Waals surface area contributed by atoms with Gasteiger partial charge in [0, 0.05) is 6.07 Å². The second-order valence-electron chi connectivity index (χ2n) is 2.36. The van der Waals surface area contributed by atoms with Gasteiger partial charge < -0.3 is 4.74 Å². The van der Waals surface area contributed by atoms with Crippen molar-refractivity contribution in [1.29, 1.82) is 5.26 Å². The second-order valence-corrected chi connectivity index (χ2v) is 2.36. The first-order valence-electron chi connectivity index (χ1n) is 3.51. The van der Waals surface area contributed by atoms with Gasteiger partial charge in [0.25, 0.3) is 0 Å². The van der Waals surface area contributed by atoms with E-state index in [9.17, 15) is 13.2 Å². The van der Waals surface area contributed by atoms with Crippen molar-refractivity contribution in [3.63, 3.8) is 0 Å². The van der Waals surface area contributed by atoms with E-state index >= 15 is 0 Å². The van der Waals surface area contributed by atoms with Crippen molar-refractivity contribution in [1.82, 2.24) is 4.98 Å². The van der Waals surface area contributed by atoms with Crippen LogP contribution in [0.5, 0.6) is 5.88 Å². The summed E-state index contributed by atoms with van der Waals surface area (Å²) in [6.07, 6.45) is -4.57. The third kappa shape index (κ3) is 1.93. The largest absolute Gasteiger partial charge is 0.481 e. The average molecular weight is 202 g/mol. The van der Waals surface area contributed by atoms with E-state index in [0.717, 1.165) is 12.1 Å². The summed E-state index contributed by atoms with van der Waals surface area (Å²) in [4.78, 5) is 3.37. The van der Waals surface area contributed by atoms with Crippen LogP contribution in [0.1, 0.15) is 11.3 Å². The molecule has 0 fully saturated rings. The molecule has 14 heavy (non-hydrogen) atoms. The molecule has 1 aromatic heterocycles. The van der Waals surface area contributed by atoms with E-state index in [1.807, 2.05) is 0 Å². The highest BCUT2D eigenvalue weighted by molar-refractivity contribution is 5.36. The summed E-state index contributed by atoms with van der Waals surface area (Å²) in [5.41, 5.74) is -1.74. The minimum Gasteiger partial charge on any atom is -0.481 e. The summed E-state index contributed by atoms with van der Waals surface area (Å²) in [6.45, 7) is 0. The number of nitrogens with zero attached hydrogens (tertiary/aromatic N) is 2. The summed E-state index contributed by atoms with van der Waals surface area (Å²) >= 11 is 0. The molecule has 0 saturated carbocycles. The SMILES string of the molecule is COc1ccc(C(F)(F)F)c(C#N)n1. The van der Waals surface area contributed by atoms with E-state index < -0.39 is 17.4 Å². The Bertz CT molecular complexity index is 381. The van der Waals surface area contributed by atoms with E-state index in [2.05, 4.69) is 9.72 Å². The van der Waals surface area contributed by atoms with Crippen LogP contribution >= 0.6 is 0 Å². The molecule has 1 rings (SSSR count). The number of methoxy groups -OCH3 is 1. The number of alkyl halides is 3. The lowest BCUT2D eigenvalue weighted by Gasteiger charge is -2.08. The molecule has 1 aromatic rings. The number of rotatable bonds is 1. The van der Waals surface area contributed by atoms with E-state index in [4.69, 9.17) is 5.26 Å². The Morgan fingerprint density at radius 2 is 2.07 bits per heavy atom. The lowest BCUT2D eigenvalue weighted by Crippen LogP contribution is -2.09. The molecular formula is C8H5F3N2O. The van der Waals surface area contributed by atoms with Gasteiger partial charge in [-0.3, -0.25) is 0 Å². The molecule has 0 aliphatic heterocycles. The topological polar surface area (TPSA) is 45.9 Å². The van der Waals surface area contributed by atoms with Gasteiger partial charge in [-0.15, -0.1) is 0 Å². The number of hydrogen-bond acceptors (Lipinski definition) is 3. The number of ether oxygens (including phenoxy) is 1. The fraction of sp³-hybridized carbons (Fsp3) is 0.250. The van der Waals surface area contributed by atoms with Crippen molar-refractivity contribution in [2.75, 3.05) is 7.11 Å². The van der Waals surface area contributed by atoms with Crippen molar-refractivity contribution in [3.8, 4) is 11.9 Å². The van der Waals surface area contributed by atoms with Gasteiger partial charge in [-0.05, 0) is 6.07 Å².